The van der Waals surface area contributed by atoms with Gasteiger partial charge in [-0.2, -0.15) is 13.2 Å². The summed E-state index contributed by atoms with van der Waals surface area (Å²) < 4.78 is 43.5. The molecule has 1 saturated carbocycles. The normalized spacial score (nSPS) is 16.4. The van der Waals surface area contributed by atoms with Crippen LogP contribution >= 0.6 is 0 Å². The zero-order chi connectivity index (χ0) is 29.1. The van der Waals surface area contributed by atoms with Crippen LogP contribution in [0.25, 0.3) is 22.3 Å². The molecule has 0 spiro atoms. The number of carbonyl (C=O) groups excluding carboxylic acids is 1. The van der Waals surface area contributed by atoms with Crippen LogP contribution in [0.1, 0.15) is 31.2 Å². The molecule has 0 atom stereocenters. The van der Waals surface area contributed by atoms with Gasteiger partial charge in [-0.05, 0) is 48.6 Å². The van der Waals surface area contributed by atoms with Crippen LogP contribution in [0.2, 0.25) is 0 Å². The van der Waals surface area contributed by atoms with Gasteiger partial charge in [0.2, 0.25) is 17.7 Å². The molecule has 2 aliphatic rings. The average Bonchev–Trinajstić information content (AvgIpc) is 3.33. The number of ether oxygens (including phenoxy) is 1. The number of imidazole rings is 1. The predicted octanol–water partition coefficient (Wildman–Crippen LogP) is 4.93. The lowest BCUT2D eigenvalue weighted by atomic mass is 9.86. The van der Waals surface area contributed by atoms with E-state index in [-0.39, 0.29) is 13.1 Å². The number of pyridine rings is 1. The fourth-order valence-corrected chi connectivity index (χ4v) is 5.13. The summed E-state index contributed by atoms with van der Waals surface area (Å²) in [5.74, 6) is 1.46. The molecule has 1 amide bonds. The number of aromatic nitrogens is 5. The average molecular weight is 581 g/mol. The molecule has 4 aromatic rings. The predicted molar refractivity (Wildman–Crippen MR) is 150 cm³/mol. The molecule has 42 heavy (non-hydrogen) atoms. The molecule has 1 aliphatic carbocycles. The van der Waals surface area contributed by atoms with Gasteiger partial charge < -0.3 is 19.9 Å². The SMILES string of the molecule is O=C(CC(F)(F)F)N1CCN(Cc2ccnc(Nc3nc4ccc(-c5cc(OCC6CCC6)ncn5)cc4[nH]3)c2)CC1. The smallest absolute Gasteiger partial charge is 0.397 e. The summed E-state index contributed by atoms with van der Waals surface area (Å²) in [6, 6.07) is 11.5. The summed E-state index contributed by atoms with van der Waals surface area (Å²) in [5.41, 5.74) is 4.28. The fraction of sp³-hybridized carbons (Fsp3) is 0.414. The van der Waals surface area contributed by atoms with Gasteiger partial charge in [0.15, 0.2) is 0 Å². The van der Waals surface area contributed by atoms with Crippen molar-refractivity contribution >= 4 is 28.7 Å². The Labute approximate surface area is 240 Å². The number of amides is 1. The molecule has 0 bridgehead atoms. The van der Waals surface area contributed by atoms with E-state index in [1.807, 2.05) is 36.4 Å². The van der Waals surface area contributed by atoms with E-state index in [1.165, 1.54) is 30.5 Å². The summed E-state index contributed by atoms with van der Waals surface area (Å²) in [7, 11) is 0. The number of carbonyl (C=O) groups is 1. The van der Waals surface area contributed by atoms with Crippen LogP contribution in [0.3, 0.4) is 0 Å². The molecule has 2 N–H and O–H groups in total. The van der Waals surface area contributed by atoms with Crippen LogP contribution in [0, 0.1) is 5.92 Å². The number of rotatable bonds is 9. The van der Waals surface area contributed by atoms with Crippen molar-refractivity contribution in [2.24, 2.45) is 5.92 Å². The van der Waals surface area contributed by atoms with Gasteiger partial charge in [0.05, 0.1) is 23.3 Å². The van der Waals surface area contributed by atoms with Gasteiger partial charge in [0.1, 0.15) is 18.6 Å². The van der Waals surface area contributed by atoms with Gasteiger partial charge in [-0.15, -0.1) is 0 Å². The van der Waals surface area contributed by atoms with E-state index in [9.17, 15) is 18.0 Å². The first-order valence-corrected chi connectivity index (χ1v) is 14.0. The molecule has 0 unspecified atom stereocenters. The second kappa shape index (κ2) is 11.9. The Morgan fingerprint density at radius 2 is 1.88 bits per heavy atom. The second-order valence-corrected chi connectivity index (χ2v) is 10.8. The molecule has 1 aromatic carbocycles. The Balaban J connectivity index is 1.06. The summed E-state index contributed by atoms with van der Waals surface area (Å²) in [6.07, 6.45) is 1.01. The number of halogens is 3. The lowest BCUT2D eigenvalue weighted by molar-refractivity contribution is -0.162. The summed E-state index contributed by atoms with van der Waals surface area (Å²) in [4.78, 5) is 36.2. The van der Waals surface area contributed by atoms with Gasteiger partial charge >= 0.3 is 6.18 Å². The van der Waals surface area contributed by atoms with Crippen molar-refractivity contribution < 1.29 is 22.7 Å². The highest BCUT2D eigenvalue weighted by atomic mass is 19.4. The van der Waals surface area contributed by atoms with Gasteiger partial charge in [-0.3, -0.25) is 9.69 Å². The van der Waals surface area contributed by atoms with E-state index >= 15 is 0 Å². The molecule has 2 fully saturated rings. The van der Waals surface area contributed by atoms with Crippen molar-refractivity contribution in [1.29, 1.82) is 0 Å². The molecule has 4 heterocycles. The molecule has 1 saturated heterocycles. The molecule has 13 heteroatoms. The third kappa shape index (κ3) is 6.96. The van der Waals surface area contributed by atoms with E-state index < -0.39 is 18.5 Å². The fourth-order valence-electron chi connectivity index (χ4n) is 5.13. The van der Waals surface area contributed by atoms with E-state index in [4.69, 9.17) is 4.74 Å². The molecule has 3 aromatic heterocycles. The topological polar surface area (TPSA) is 112 Å². The van der Waals surface area contributed by atoms with Crippen molar-refractivity contribution in [3.05, 3.63) is 54.5 Å². The maximum atomic E-state index is 12.6. The minimum absolute atomic E-state index is 0.274. The van der Waals surface area contributed by atoms with E-state index in [2.05, 4.69) is 35.1 Å². The number of alkyl halides is 3. The van der Waals surface area contributed by atoms with Crippen LogP contribution in [-0.2, 0) is 11.3 Å². The summed E-state index contributed by atoms with van der Waals surface area (Å²) >= 11 is 0. The van der Waals surface area contributed by atoms with Crippen molar-refractivity contribution in [2.75, 3.05) is 38.1 Å². The highest BCUT2D eigenvalue weighted by molar-refractivity contribution is 5.83. The Bertz CT molecular complexity index is 1550. The monoisotopic (exact) mass is 580 g/mol. The minimum atomic E-state index is -4.48. The highest BCUT2D eigenvalue weighted by Crippen LogP contribution is 2.29. The largest absolute Gasteiger partial charge is 0.477 e. The van der Waals surface area contributed by atoms with Crippen molar-refractivity contribution in [2.45, 2.75) is 38.4 Å². The molecule has 0 radical (unpaired) electrons. The number of H-pyrrole nitrogens is 1. The van der Waals surface area contributed by atoms with E-state index in [0.29, 0.717) is 49.8 Å². The first-order chi connectivity index (χ1) is 20.3. The highest BCUT2D eigenvalue weighted by Gasteiger charge is 2.34. The lowest BCUT2D eigenvalue weighted by Crippen LogP contribution is -2.49. The Morgan fingerprint density at radius 3 is 2.64 bits per heavy atom. The van der Waals surface area contributed by atoms with Crippen LogP contribution in [-0.4, -0.2) is 79.6 Å². The summed E-state index contributed by atoms with van der Waals surface area (Å²) in [5, 5.41) is 3.22. The van der Waals surface area contributed by atoms with E-state index in [1.54, 1.807) is 6.20 Å². The number of anilines is 2. The maximum Gasteiger partial charge on any atom is 0.397 e. The zero-order valence-corrected chi connectivity index (χ0v) is 22.9. The quantitative estimate of drug-likeness (QED) is 0.287. The Morgan fingerprint density at radius 1 is 1.05 bits per heavy atom. The number of nitrogens with zero attached hydrogens (tertiary/aromatic N) is 6. The first kappa shape index (κ1) is 27.9. The third-order valence-electron chi connectivity index (χ3n) is 7.66. The van der Waals surface area contributed by atoms with Crippen molar-refractivity contribution in [1.82, 2.24) is 34.7 Å². The standard InChI is InChI=1S/C29H31F3N8O2/c30-29(31,32)15-27(41)40-10-8-39(9-11-40)16-20-6-7-33-25(12-20)38-28-36-22-5-4-21(13-24(22)37-28)23-14-26(35-18-34-23)42-17-19-2-1-3-19/h4-7,12-14,18-19H,1-3,8-11,15-17H2,(H2,33,36,37,38). The first-order valence-electron chi connectivity index (χ1n) is 14.0. The molecule has 6 rings (SSSR count). The van der Waals surface area contributed by atoms with Crippen molar-refractivity contribution in [3.63, 3.8) is 0 Å². The van der Waals surface area contributed by atoms with Crippen LogP contribution < -0.4 is 10.1 Å². The molecule has 220 valence electrons. The number of fused-ring (bicyclic) bond motifs is 1. The lowest BCUT2D eigenvalue weighted by Gasteiger charge is -2.35. The maximum absolute atomic E-state index is 12.6. The molecular formula is C29H31F3N8O2. The van der Waals surface area contributed by atoms with Crippen LogP contribution in [0.4, 0.5) is 24.9 Å². The third-order valence-corrected chi connectivity index (χ3v) is 7.66. The number of piperazine rings is 1. The Kier molecular flexibility index (Phi) is 7.92. The number of nitrogens with one attached hydrogen (secondary N) is 2. The summed E-state index contributed by atoms with van der Waals surface area (Å²) in [6.45, 7) is 2.82. The molecule has 10 nitrogen and oxygen atoms in total. The van der Waals surface area contributed by atoms with Gasteiger partial charge in [0, 0.05) is 50.6 Å². The zero-order valence-electron chi connectivity index (χ0n) is 22.9. The van der Waals surface area contributed by atoms with Gasteiger partial charge in [0.25, 0.3) is 0 Å². The van der Waals surface area contributed by atoms with Crippen LogP contribution in [0.15, 0.2) is 48.9 Å². The minimum Gasteiger partial charge on any atom is -0.477 e. The van der Waals surface area contributed by atoms with Crippen LogP contribution in [0.5, 0.6) is 5.88 Å². The molecular weight excluding hydrogens is 549 g/mol. The number of benzene rings is 1. The van der Waals surface area contributed by atoms with Gasteiger partial charge in [-0.1, -0.05) is 12.5 Å². The molecule has 1 aliphatic heterocycles. The second-order valence-electron chi connectivity index (χ2n) is 10.8. The van der Waals surface area contributed by atoms with Gasteiger partial charge in [-0.25, -0.2) is 19.9 Å². The number of hydrogen-bond donors (Lipinski definition) is 2. The number of hydrogen-bond acceptors (Lipinski definition) is 8. The number of aromatic amines is 1. The van der Waals surface area contributed by atoms with E-state index in [0.717, 1.165) is 27.9 Å². The van der Waals surface area contributed by atoms with Crippen molar-refractivity contribution in [3.8, 4) is 17.1 Å². The Hall–Kier alpha value is -4.26.